The molecule has 12 nitrogen and oxygen atoms in total. The van der Waals surface area contributed by atoms with E-state index in [2.05, 4.69) is 10.1 Å². The van der Waals surface area contributed by atoms with Gasteiger partial charge in [-0.2, -0.15) is 9.40 Å². The number of ether oxygens (including phenoxy) is 1. The first-order chi connectivity index (χ1) is 18.8. The fourth-order valence-electron chi connectivity index (χ4n) is 5.40. The average Bonchev–Trinajstić information content (AvgIpc) is 3.19. The number of amides is 1. The minimum absolute atomic E-state index is 0.0398. The number of aromatic nitrogens is 4. The van der Waals surface area contributed by atoms with Crippen molar-refractivity contribution < 1.29 is 23.1 Å². The van der Waals surface area contributed by atoms with Gasteiger partial charge in [0.05, 0.1) is 22.8 Å². The zero-order chi connectivity index (χ0) is 29.4. The van der Waals surface area contributed by atoms with Crippen molar-refractivity contribution in [2.45, 2.75) is 76.8 Å². The molecule has 2 N–H and O–H groups in total. The number of piperidine rings is 1. The van der Waals surface area contributed by atoms with Crippen LogP contribution in [0.2, 0.25) is 0 Å². The number of benzene rings is 1. The predicted octanol–water partition coefficient (Wildman–Crippen LogP) is 3.61. The van der Waals surface area contributed by atoms with E-state index in [1.165, 1.54) is 26.0 Å². The molecular formula is C27H38N6O6S. The summed E-state index contributed by atoms with van der Waals surface area (Å²) in [6.45, 7) is 10.0. The molecule has 1 aliphatic heterocycles. The molecule has 0 spiro atoms. The van der Waals surface area contributed by atoms with Crippen LogP contribution in [0.15, 0.2) is 27.9 Å². The summed E-state index contributed by atoms with van der Waals surface area (Å²) >= 11 is 0. The Morgan fingerprint density at radius 3 is 2.48 bits per heavy atom. The maximum atomic E-state index is 13.7. The first-order valence-electron chi connectivity index (χ1n) is 13.5. The Morgan fingerprint density at radius 1 is 1.23 bits per heavy atom. The summed E-state index contributed by atoms with van der Waals surface area (Å²) in [5.41, 5.74) is 0.898. The summed E-state index contributed by atoms with van der Waals surface area (Å²) in [5.74, 6) is 0.593. The van der Waals surface area contributed by atoms with E-state index in [0.29, 0.717) is 53.9 Å². The zero-order valence-corrected chi connectivity index (χ0v) is 24.7. The van der Waals surface area contributed by atoms with E-state index in [9.17, 15) is 23.1 Å². The van der Waals surface area contributed by atoms with E-state index in [-0.39, 0.29) is 35.4 Å². The number of carboxylic acid groups (broad SMARTS) is 1. The minimum atomic E-state index is -3.92. The number of hydrogen-bond acceptors (Lipinski definition) is 7. The predicted molar refractivity (Wildman–Crippen MR) is 151 cm³/mol. The number of sulfonamides is 1. The normalized spacial score (nSPS) is 15.4. The molecule has 0 aliphatic carbocycles. The maximum Gasteiger partial charge on any atom is 0.407 e. The number of H-pyrrole nitrogens is 1. The summed E-state index contributed by atoms with van der Waals surface area (Å²) in [4.78, 5) is 33.9. The van der Waals surface area contributed by atoms with Crippen LogP contribution in [-0.4, -0.2) is 79.8 Å². The Hall–Kier alpha value is -3.45. The summed E-state index contributed by atoms with van der Waals surface area (Å²) in [5, 5.41) is 14.2. The van der Waals surface area contributed by atoms with Crippen LogP contribution in [0.4, 0.5) is 4.79 Å². The highest BCUT2D eigenvalue weighted by atomic mass is 32.2. The molecule has 1 aromatic carbocycles. The molecule has 0 bridgehead atoms. The lowest BCUT2D eigenvalue weighted by Gasteiger charge is -2.43. The smallest absolute Gasteiger partial charge is 0.407 e. The van der Waals surface area contributed by atoms with Crippen molar-refractivity contribution in [3.8, 4) is 17.1 Å². The number of aryl methyl sites for hydroxylation is 2. The van der Waals surface area contributed by atoms with Crippen molar-refractivity contribution in [2.24, 2.45) is 7.05 Å². The molecule has 13 heteroatoms. The van der Waals surface area contributed by atoms with Crippen molar-refractivity contribution in [3.63, 3.8) is 0 Å². The second-order valence-electron chi connectivity index (χ2n) is 11.0. The van der Waals surface area contributed by atoms with Gasteiger partial charge in [0, 0.05) is 31.7 Å². The summed E-state index contributed by atoms with van der Waals surface area (Å²) in [7, 11) is -2.23. The fraction of sp³-hybridized carbons (Fsp3) is 0.556. The van der Waals surface area contributed by atoms with Gasteiger partial charge in [0.15, 0.2) is 5.52 Å². The molecule has 40 heavy (non-hydrogen) atoms. The van der Waals surface area contributed by atoms with Gasteiger partial charge in [-0.3, -0.25) is 9.48 Å². The molecule has 218 valence electrons. The fourth-order valence-corrected chi connectivity index (χ4v) is 6.89. The van der Waals surface area contributed by atoms with Crippen LogP contribution in [-0.2, 0) is 23.5 Å². The molecule has 4 rings (SSSR count). The van der Waals surface area contributed by atoms with E-state index >= 15 is 0 Å². The standard InChI is InChI=1S/C27H38N6O6S/c1-7-9-20-22-23(31(6)30-20)25(34)29-24(28-22)19-16-18(10-11-21(19)39-8-2)40(37,38)32-14-12-17(13-15-32)33(26(35)36)27(3,4)5/h10-11,16-17H,7-9,12-15H2,1-6H3,(H,35,36)(H,28,29,34). The van der Waals surface area contributed by atoms with Crippen LogP contribution in [0.1, 0.15) is 59.6 Å². The minimum Gasteiger partial charge on any atom is -0.493 e. The monoisotopic (exact) mass is 574 g/mol. The van der Waals surface area contributed by atoms with Gasteiger partial charge in [-0.05, 0) is 65.2 Å². The molecule has 0 saturated carbocycles. The van der Waals surface area contributed by atoms with E-state index in [0.717, 1.165) is 6.42 Å². The lowest BCUT2D eigenvalue weighted by atomic mass is 9.98. The highest BCUT2D eigenvalue weighted by Gasteiger charge is 2.38. The van der Waals surface area contributed by atoms with Crippen molar-refractivity contribution >= 4 is 27.1 Å². The second-order valence-corrected chi connectivity index (χ2v) is 12.9. The second kappa shape index (κ2) is 11.2. The first kappa shape index (κ1) is 29.5. The van der Waals surface area contributed by atoms with Crippen molar-refractivity contribution in [3.05, 3.63) is 34.2 Å². The third kappa shape index (κ3) is 5.57. The van der Waals surface area contributed by atoms with Gasteiger partial charge in [0.1, 0.15) is 17.1 Å². The Morgan fingerprint density at radius 2 is 1.90 bits per heavy atom. The van der Waals surface area contributed by atoms with Gasteiger partial charge >= 0.3 is 6.09 Å². The van der Waals surface area contributed by atoms with Gasteiger partial charge in [-0.15, -0.1) is 0 Å². The molecular weight excluding hydrogens is 536 g/mol. The summed E-state index contributed by atoms with van der Waals surface area (Å²) < 4.78 is 36.1. The molecule has 1 amide bonds. The summed E-state index contributed by atoms with van der Waals surface area (Å²) in [6.07, 6.45) is 1.23. The Labute approximate surface area is 234 Å². The number of aromatic amines is 1. The van der Waals surface area contributed by atoms with Crippen LogP contribution in [0.3, 0.4) is 0 Å². The number of hydrogen-bond donors (Lipinski definition) is 2. The highest BCUT2D eigenvalue weighted by Crippen LogP contribution is 2.33. The van der Waals surface area contributed by atoms with Crippen LogP contribution >= 0.6 is 0 Å². The molecule has 1 fully saturated rings. The van der Waals surface area contributed by atoms with Gasteiger partial charge < -0.3 is 19.7 Å². The average molecular weight is 575 g/mol. The van der Waals surface area contributed by atoms with Crippen LogP contribution in [0.5, 0.6) is 5.75 Å². The molecule has 2 aromatic heterocycles. The van der Waals surface area contributed by atoms with Crippen molar-refractivity contribution in [2.75, 3.05) is 19.7 Å². The van der Waals surface area contributed by atoms with Crippen LogP contribution in [0.25, 0.3) is 22.4 Å². The Balaban J connectivity index is 1.71. The lowest BCUT2D eigenvalue weighted by Crippen LogP contribution is -2.55. The first-order valence-corrected chi connectivity index (χ1v) is 15.0. The van der Waals surface area contributed by atoms with Gasteiger partial charge in [-0.1, -0.05) is 13.3 Å². The number of carbonyl (C=O) groups is 1. The molecule has 1 saturated heterocycles. The SMILES string of the molecule is CCCc1nn(C)c2c(=O)[nH]c(-c3cc(S(=O)(=O)N4CCC(N(C(=O)O)C(C)(C)C)CC4)ccc3OCC)nc12. The van der Waals surface area contributed by atoms with Gasteiger partial charge in [-0.25, -0.2) is 18.2 Å². The van der Waals surface area contributed by atoms with E-state index in [1.54, 1.807) is 13.1 Å². The molecule has 3 aromatic rings. The summed E-state index contributed by atoms with van der Waals surface area (Å²) in [6, 6.07) is 4.26. The Bertz CT molecular complexity index is 1560. The number of nitrogens with one attached hydrogen (secondary N) is 1. The lowest BCUT2D eigenvalue weighted by molar-refractivity contribution is 0.0523. The zero-order valence-electron chi connectivity index (χ0n) is 23.9. The molecule has 3 heterocycles. The molecule has 0 radical (unpaired) electrons. The van der Waals surface area contributed by atoms with Crippen LogP contribution < -0.4 is 10.3 Å². The number of nitrogens with zero attached hydrogens (tertiary/aromatic N) is 5. The quantitative estimate of drug-likeness (QED) is 0.414. The third-order valence-corrected chi connectivity index (χ3v) is 9.01. The Kier molecular flexibility index (Phi) is 8.27. The molecule has 1 aliphatic rings. The molecule has 0 atom stereocenters. The van der Waals surface area contributed by atoms with E-state index in [4.69, 9.17) is 9.72 Å². The molecule has 0 unspecified atom stereocenters. The van der Waals surface area contributed by atoms with E-state index < -0.39 is 21.7 Å². The van der Waals surface area contributed by atoms with Crippen molar-refractivity contribution in [1.29, 1.82) is 0 Å². The van der Waals surface area contributed by atoms with Crippen molar-refractivity contribution in [1.82, 2.24) is 29.0 Å². The highest BCUT2D eigenvalue weighted by molar-refractivity contribution is 7.89. The topological polar surface area (TPSA) is 151 Å². The van der Waals surface area contributed by atoms with Gasteiger partial charge in [0.2, 0.25) is 10.0 Å². The van der Waals surface area contributed by atoms with Crippen LogP contribution in [0, 0.1) is 0 Å². The number of fused-ring (bicyclic) bond motifs is 1. The largest absolute Gasteiger partial charge is 0.493 e. The maximum absolute atomic E-state index is 13.7. The van der Waals surface area contributed by atoms with Gasteiger partial charge in [0.25, 0.3) is 5.56 Å². The third-order valence-electron chi connectivity index (χ3n) is 7.11. The number of rotatable bonds is 8. The van der Waals surface area contributed by atoms with E-state index in [1.807, 2.05) is 34.6 Å².